The molecule has 15 heteroatoms. The standard InChI is InChI=1S/C49H55F3N10O2/c1-5-59(6-2)41(33-17-11-9-12-18-33)47(63)61-27-15-21-38(61)45-55-31-37(56-45)36-29-53-44(54-30-36)35-25-23-32(24-26-35)40-43(49(50,51)52)58-46(57-40)39-22-16-28-62(39)48(64)42(60(7-3)8-4)34-19-13-10-14-20-34/h9-14,17-20,23-26,29-31,38-39,41-42H,5-8,15-16,21-22,27-28H2,1-4H3,(H,55,56)(H,57,58)/t38?,39-,41+,42+/m0/s1. The van der Waals surface area contributed by atoms with Gasteiger partial charge in [0.1, 0.15) is 35.1 Å². The van der Waals surface area contributed by atoms with Crippen molar-refractivity contribution < 1.29 is 22.8 Å². The quantitative estimate of drug-likeness (QED) is 0.104. The number of aromatic amines is 2. The zero-order valence-electron chi connectivity index (χ0n) is 36.7. The third-order valence-electron chi connectivity index (χ3n) is 12.7. The van der Waals surface area contributed by atoms with Crippen LogP contribution in [0.4, 0.5) is 13.2 Å². The van der Waals surface area contributed by atoms with Crippen LogP contribution in [0.25, 0.3) is 33.9 Å². The summed E-state index contributed by atoms with van der Waals surface area (Å²) in [5.74, 6) is 1.13. The normalized spacial score (nSPS) is 17.7. The summed E-state index contributed by atoms with van der Waals surface area (Å²) in [5.41, 5.74) is 2.92. The number of carbonyl (C=O) groups excluding carboxylic acids is 2. The number of alkyl halides is 3. The van der Waals surface area contributed by atoms with Crippen molar-refractivity contribution in [2.75, 3.05) is 39.3 Å². The first kappa shape index (κ1) is 44.4. The lowest BCUT2D eigenvalue weighted by atomic mass is 10.0. The first-order valence-corrected chi connectivity index (χ1v) is 22.4. The number of amides is 2. The van der Waals surface area contributed by atoms with Crippen molar-refractivity contribution in [2.45, 2.75) is 83.7 Å². The van der Waals surface area contributed by atoms with Gasteiger partial charge in [0.15, 0.2) is 5.82 Å². The van der Waals surface area contributed by atoms with Crippen LogP contribution in [-0.2, 0) is 15.8 Å². The van der Waals surface area contributed by atoms with Crippen LogP contribution in [0.3, 0.4) is 0 Å². The summed E-state index contributed by atoms with van der Waals surface area (Å²) in [6.07, 6.45) is 3.17. The van der Waals surface area contributed by atoms with Gasteiger partial charge in [-0.15, -0.1) is 0 Å². The Balaban J connectivity index is 0.990. The number of H-pyrrole nitrogens is 2. The number of nitrogens with zero attached hydrogens (tertiary/aromatic N) is 8. The maximum absolute atomic E-state index is 14.7. The number of carbonyl (C=O) groups is 2. The van der Waals surface area contributed by atoms with Crippen LogP contribution in [-0.4, -0.2) is 101 Å². The zero-order valence-corrected chi connectivity index (χ0v) is 36.7. The molecule has 5 heterocycles. The van der Waals surface area contributed by atoms with Gasteiger partial charge in [-0.25, -0.2) is 19.9 Å². The molecule has 0 bridgehead atoms. The molecule has 8 rings (SSSR count). The van der Waals surface area contributed by atoms with Crippen LogP contribution in [0, 0.1) is 0 Å². The van der Waals surface area contributed by atoms with Gasteiger partial charge in [0.25, 0.3) is 0 Å². The maximum Gasteiger partial charge on any atom is 0.433 e. The first-order valence-electron chi connectivity index (χ1n) is 22.4. The number of rotatable bonds is 15. The Hall–Kier alpha value is -6.19. The average molecular weight is 873 g/mol. The molecule has 2 fully saturated rings. The molecule has 3 aromatic carbocycles. The number of hydrogen-bond acceptors (Lipinski definition) is 8. The van der Waals surface area contributed by atoms with E-state index in [1.807, 2.05) is 79.4 Å². The third-order valence-corrected chi connectivity index (χ3v) is 12.7. The Morgan fingerprint density at radius 2 is 1.12 bits per heavy atom. The molecule has 2 saturated heterocycles. The van der Waals surface area contributed by atoms with Gasteiger partial charge in [0, 0.05) is 42.2 Å². The molecule has 334 valence electrons. The Labute approximate surface area is 372 Å². The highest BCUT2D eigenvalue weighted by Gasteiger charge is 2.42. The molecule has 2 N–H and O–H groups in total. The number of benzene rings is 3. The van der Waals surface area contributed by atoms with Gasteiger partial charge in [0.2, 0.25) is 11.8 Å². The summed E-state index contributed by atoms with van der Waals surface area (Å²) in [7, 11) is 0. The number of nitrogens with one attached hydrogen (secondary N) is 2. The number of imidazole rings is 2. The Bertz CT molecular complexity index is 2480. The second kappa shape index (κ2) is 19.3. The zero-order chi connectivity index (χ0) is 45.0. The fraction of sp³-hybridized carbons (Fsp3) is 0.388. The van der Waals surface area contributed by atoms with Gasteiger partial charge in [-0.3, -0.25) is 19.4 Å². The van der Waals surface area contributed by atoms with Gasteiger partial charge in [-0.05, 0) is 63.0 Å². The van der Waals surface area contributed by atoms with E-state index in [1.165, 1.54) is 0 Å². The van der Waals surface area contributed by atoms with Crippen LogP contribution >= 0.6 is 0 Å². The summed E-state index contributed by atoms with van der Waals surface area (Å²) in [4.78, 5) is 60.9. The molecule has 0 radical (unpaired) electrons. The number of aromatic nitrogens is 6. The molecule has 6 aromatic rings. The highest BCUT2D eigenvalue weighted by molar-refractivity contribution is 5.85. The third kappa shape index (κ3) is 8.96. The second-order valence-electron chi connectivity index (χ2n) is 16.3. The molecule has 1 unspecified atom stereocenters. The van der Waals surface area contributed by atoms with Crippen LogP contribution in [0.2, 0.25) is 0 Å². The molecule has 2 aliphatic rings. The lowest BCUT2D eigenvalue weighted by Gasteiger charge is -2.34. The minimum Gasteiger partial charge on any atom is -0.340 e. The molecule has 4 atom stereocenters. The molecule has 2 amide bonds. The number of halogens is 3. The van der Waals surface area contributed by atoms with E-state index in [1.54, 1.807) is 47.8 Å². The van der Waals surface area contributed by atoms with E-state index in [4.69, 9.17) is 4.98 Å². The molecule has 3 aromatic heterocycles. The lowest BCUT2D eigenvalue weighted by molar-refractivity contribution is -0.140. The maximum atomic E-state index is 14.7. The second-order valence-corrected chi connectivity index (χ2v) is 16.3. The van der Waals surface area contributed by atoms with E-state index in [-0.39, 0.29) is 41.0 Å². The minimum atomic E-state index is -4.71. The van der Waals surface area contributed by atoms with Crippen molar-refractivity contribution in [1.82, 2.24) is 49.5 Å². The summed E-state index contributed by atoms with van der Waals surface area (Å²) in [6, 6.07) is 24.2. The highest BCUT2D eigenvalue weighted by Crippen LogP contribution is 2.41. The predicted octanol–water partition coefficient (Wildman–Crippen LogP) is 9.44. The monoisotopic (exact) mass is 872 g/mol. The molecule has 64 heavy (non-hydrogen) atoms. The fourth-order valence-corrected chi connectivity index (χ4v) is 9.42. The number of likely N-dealkylation sites (N-methyl/N-ethyl adjacent to an activating group) is 2. The van der Waals surface area contributed by atoms with E-state index < -0.39 is 24.0 Å². The predicted molar refractivity (Wildman–Crippen MR) is 239 cm³/mol. The van der Waals surface area contributed by atoms with Crippen LogP contribution < -0.4 is 0 Å². The van der Waals surface area contributed by atoms with Crippen LogP contribution in [0.15, 0.2) is 104 Å². The van der Waals surface area contributed by atoms with Crippen molar-refractivity contribution in [2.24, 2.45) is 0 Å². The smallest absolute Gasteiger partial charge is 0.340 e. The van der Waals surface area contributed by atoms with Gasteiger partial charge in [-0.2, -0.15) is 13.2 Å². The van der Waals surface area contributed by atoms with Crippen molar-refractivity contribution in [3.05, 3.63) is 132 Å². The molecule has 12 nitrogen and oxygen atoms in total. The van der Waals surface area contributed by atoms with Crippen molar-refractivity contribution in [3.8, 4) is 33.9 Å². The molecule has 2 aliphatic heterocycles. The lowest BCUT2D eigenvalue weighted by Crippen LogP contribution is -2.43. The van der Waals surface area contributed by atoms with Gasteiger partial charge in [0.05, 0.1) is 24.0 Å². The van der Waals surface area contributed by atoms with E-state index in [2.05, 4.69) is 48.6 Å². The SMILES string of the molecule is CCN(CC)[C@@H](C(=O)N1CCCC1c1ncc(-c2cnc(-c3ccc(-c4nc([C@@H]5CCCN5C(=O)[C@@H](c5ccccc5)N(CC)CC)[nH]c4C(F)(F)F)cc3)nc2)[nH]1)c1ccccc1. The van der Waals surface area contributed by atoms with E-state index in [9.17, 15) is 22.8 Å². The van der Waals surface area contributed by atoms with Crippen LogP contribution in [0.1, 0.15) is 106 Å². The number of likely N-dealkylation sites (tertiary alicyclic amines) is 2. The fourth-order valence-electron chi connectivity index (χ4n) is 9.42. The van der Waals surface area contributed by atoms with E-state index in [0.717, 1.165) is 37.1 Å². The summed E-state index contributed by atoms with van der Waals surface area (Å²) >= 11 is 0. The van der Waals surface area contributed by atoms with Gasteiger partial charge >= 0.3 is 6.18 Å². The van der Waals surface area contributed by atoms with E-state index >= 15 is 0 Å². The Kier molecular flexibility index (Phi) is 13.4. The first-order chi connectivity index (χ1) is 31.0. The van der Waals surface area contributed by atoms with Crippen LogP contribution in [0.5, 0.6) is 0 Å². The topological polar surface area (TPSA) is 130 Å². The average Bonchev–Trinajstić information content (AvgIpc) is 4.17. The molecule has 0 saturated carbocycles. The largest absolute Gasteiger partial charge is 0.433 e. The highest BCUT2D eigenvalue weighted by atomic mass is 19.4. The van der Waals surface area contributed by atoms with E-state index in [0.29, 0.717) is 67.5 Å². The Morgan fingerprint density at radius 3 is 1.61 bits per heavy atom. The molecular weight excluding hydrogens is 818 g/mol. The Morgan fingerprint density at radius 1 is 0.641 bits per heavy atom. The van der Waals surface area contributed by atoms with Gasteiger partial charge in [-0.1, -0.05) is 113 Å². The van der Waals surface area contributed by atoms with Gasteiger partial charge < -0.3 is 19.8 Å². The summed E-state index contributed by atoms with van der Waals surface area (Å²) < 4.78 is 44.0. The minimum absolute atomic E-state index is 0.0620. The summed E-state index contributed by atoms with van der Waals surface area (Å²) in [6.45, 7) is 12.0. The molecule has 0 spiro atoms. The summed E-state index contributed by atoms with van der Waals surface area (Å²) in [5, 5.41) is 0. The van der Waals surface area contributed by atoms with Crippen molar-refractivity contribution >= 4 is 11.8 Å². The number of hydrogen-bond donors (Lipinski definition) is 2. The molecule has 0 aliphatic carbocycles. The van der Waals surface area contributed by atoms with Crippen molar-refractivity contribution in [1.29, 1.82) is 0 Å². The van der Waals surface area contributed by atoms with Crippen molar-refractivity contribution in [3.63, 3.8) is 0 Å². The molecular formula is C49H55F3N10O2.